The number of hydrogen-bond acceptors (Lipinski definition) is 4. The third-order valence-electron chi connectivity index (χ3n) is 2.04. The van der Waals surface area contributed by atoms with E-state index in [2.05, 4.69) is 24.0 Å². The molecule has 0 N–H and O–H groups in total. The SMILES string of the molecule is CN(C)CCSc1nc2ccccc2o1. The molecule has 0 fully saturated rings. The van der Waals surface area contributed by atoms with Crippen molar-refractivity contribution in [3.8, 4) is 0 Å². The topological polar surface area (TPSA) is 29.3 Å². The number of rotatable bonds is 4. The molecule has 3 nitrogen and oxygen atoms in total. The predicted octanol–water partition coefficient (Wildman–Crippen LogP) is 2.48. The zero-order valence-corrected chi connectivity index (χ0v) is 9.75. The van der Waals surface area contributed by atoms with Gasteiger partial charge in [-0.2, -0.15) is 0 Å². The molecule has 15 heavy (non-hydrogen) atoms. The van der Waals surface area contributed by atoms with Crippen LogP contribution in [0.1, 0.15) is 0 Å². The van der Waals surface area contributed by atoms with Crippen LogP contribution in [0.4, 0.5) is 0 Å². The lowest BCUT2D eigenvalue weighted by atomic mass is 10.3. The smallest absolute Gasteiger partial charge is 0.256 e. The average Bonchev–Trinajstić information content (AvgIpc) is 2.59. The van der Waals surface area contributed by atoms with Gasteiger partial charge in [0.15, 0.2) is 5.58 Å². The fourth-order valence-corrected chi connectivity index (χ4v) is 2.17. The van der Waals surface area contributed by atoms with E-state index in [1.54, 1.807) is 11.8 Å². The van der Waals surface area contributed by atoms with E-state index in [0.29, 0.717) is 0 Å². The molecule has 0 atom stereocenters. The number of para-hydroxylation sites is 2. The van der Waals surface area contributed by atoms with Gasteiger partial charge in [0.05, 0.1) is 0 Å². The zero-order chi connectivity index (χ0) is 10.7. The summed E-state index contributed by atoms with van der Waals surface area (Å²) in [5.41, 5.74) is 1.80. The molecule has 2 rings (SSSR count). The summed E-state index contributed by atoms with van der Waals surface area (Å²) < 4.78 is 5.58. The minimum atomic E-state index is 0.762. The molecule has 0 bridgehead atoms. The summed E-state index contributed by atoms with van der Waals surface area (Å²) in [4.78, 5) is 6.54. The van der Waals surface area contributed by atoms with Gasteiger partial charge in [-0.15, -0.1) is 0 Å². The van der Waals surface area contributed by atoms with Crippen LogP contribution in [0, 0.1) is 0 Å². The standard InChI is InChI=1S/C11H14N2OS/c1-13(2)7-8-15-11-12-9-5-3-4-6-10(9)14-11/h3-6H,7-8H2,1-2H3. The lowest BCUT2D eigenvalue weighted by Gasteiger charge is -2.06. The van der Waals surface area contributed by atoms with E-state index >= 15 is 0 Å². The van der Waals surface area contributed by atoms with E-state index in [1.165, 1.54) is 0 Å². The van der Waals surface area contributed by atoms with Crippen LogP contribution in [-0.4, -0.2) is 36.3 Å². The highest BCUT2D eigenvalue weighted by Crippen LogP contribution is 2.22. The van der Waals surface area contributed by atoms with Crippen LogP contribution in [0.2, 0.25) is 0 Å². The molecule has 0 aliphatic carbocycles. The van der Waals surface area contributed by atoms with Gasteiger partial charge in [0.2, 0.25) is 0 Å². The van der Waals surface area contributed by atoms with Gasteiger partial charge in [0.1, 0.15) is 5.52 Å². The van der Waals surface area contributed by atoms with Crippen molar-refractivity contribution in [1.29, 1.82) is 0 Å². The van der Waals surface area contributed by atoms with Crippen molar-refractivity contribution in [1.82, 2.24) is 9.88 Å². The van der Waals surface area contributed by atoms with Crippen molar-refractivity contribution in [2.24, 2.45) is 0 Å². The van der Waals surface area contributed by atoms with E-state index in [0.717, 1.165) is 28.6 Å². The first kappa shape index (κ1) is 10.5. The molecule has 0 spiro atoms. The van der Waals surface area contributed by atoms with Gasteiger partial charge in [-0.25, -0.2) is 4.98 Å². The number of hydrogen-bond donors (Lipinski definition) is 0. The Morgan fingerprint density at radius 1 is 1.33 bits per heavy atom. The van der Waals surface area contributed by atoms with E-state index < -0.39 is 0 Å². The molecule has 2 aromatic rings. The highest BCUT2D eigenvalue weighted by molar-refractivity contribution is 7.99. The number of nitrogens with zero attached hydrogens (tertiary/aromatic N) is 2. The highest BCUT2D eigenvalue weighted by atomic mass is 32.2. The first-order valence-corrected chi connectivity index (χ1v) is 5.87. The number of benzene rings is 1. The lowest BCUT2D eigenvalue weighted by molar-refractivity contribution is 0.435. The Morgan fingerprint density at radius 3 is 2.87 bits per heavy atom. The molecular formula is C11H14N2OS. The molecule has 0 radical (unpaired) electrons. The van der Waals surface area contributed by atoms with Crippen LogP contribution in [0.25, 0.3) is 11.1 Å². The molecule has 0 saturated carbocycles. The average molecular weight is 222 g/mol. The van der Waals surface area contributed by atoms with Gasteiger partial charge in [-0.3, -0.25) is 0 Å². The normalized spacial score (nSPS) is 11.4. The fraction of sp³-hybridized carbons (Fsp3) is 0.364. The molecule has 0 unspecified atom stereocenters. The summed E-state index contributed by atoms with van der Waals surface area (Å²) in [5, 5.41) is 0.762. The second-order valence-corrected chi connectivity index (χ2v) is 4.65. The Morgan fingerprint density at radius 2 is 2.13 bits per heavy atom. The summed E-state index contributed by atoms with van der Waals surface area (Å²) in [6.07, 6.45) is 0. The zero-order valence-electron chi connectivity index (χ0n) is 8.93. The molecular weight excluding hydrogens is 208 g/mol. The Bertz CT molecular complexity index is 406. The van der Waals surface area contributed by atoms with Gasteiger partial charge in [-0.1, -0.05) is 23.9 Å². The molecule has 80 valence electrons. The van der Waals surface area contributed by atoms with Gasteiger partial charge >= 0.3 is 0 Å². The summed E-state index contributed by atoms with van der Waals surface area (Å²) in [5.74, 6) is 1.000. The lowest BCUT2D eigenvalue weighted by Crippen LogP contribution is -2.14. The van der Waals surface area contributed by atoms with E-state index in [4.69, 9.17) is 4.42 Å². The van der Waals surface area contributed by atoms with Crippen LogP contribution in [-0.2, 0) is 0 Å². The molecule has 0 aliphatic heterocycles. The fourth-order valence-electron chi connectivity index (χ4n) is 1.23. The minimum Gasteiger partial charge on any atom is -0.431 e. The molecule has 1 heterocycles. The van der Waals surface area contributed by atoms with Crippen molar-refractivity contribution in [3.63, 3.8) is 0 Å². The molecule has 0 aliphatic rings. The first-order valence-electron chi connectivity index (χ1n) is 4.89. The summed E-state index contributed by atoms with van der Waals surface area (Å²) >= 11 is 1.66. The number of fused-ring (bicyclic) bond motifs is 1. The first-order chi connectivity index (χ1) is 7.25. The van der Waals surface area contributed by atoms with E-state index in [1.807, 2.05) is 24.3 Å². The highest BCUT2D eigenvalue weighted by Gasteiger charge is 2.04. The molecule has 0 amide bonds. The maximum Gasteiger partial charge on any atom is 0.256 e. The molecule has 4 heteroatoms. The summed E-state index contributed by atoms with van der Waals surface area (Å²) in [6.45, 7) is 1.03. The second kappa shape index (κ2) is 4.68. The van der Waals surface area contributed by atoms with Crippen molar-refractivity contribution < 1.29 is 4.42 Å². The van der Waals surface area contributed by atoms with E-state index in [9.17, 15) is 0 Å². The van der Waals surface area contributed by atoms with Crippen LogP contribution in [0.5, 0.6) is 0 Å². The predicted molar refractivity (Wildman–Crippen MR) is 63.3 cm³/mol. The molecule has 0 saturated heterocycles. The van der Waals surface area contributed by atoms with Crippen LogP contribution < -0.4 is 0 Å². The van der Waals surface area contributed by atoms with Crippen molar-refractivity contribution in [2.75, 3.05) is 26.4 Å². The van der Waals surface area contributed by atoms with Gasteiger partial charge in [0, 0.05) is 12.3 Å². The maximum atomic E-state index is 5.58. The van der Waals surface area contributed by atoms with Crippen LogP contribution >= 0.6 is 11.8 Å². The Balaban J connectivity index is 2.03. The summed E-state index contributed by atoms with van der Waals surface area (Å²) in [7, 11) is 4.12. The Labute approximate surface area is 93.5 Å². The van der Waals surface area contributed by atoms with Gasteiger partial charge in [0.25, 0.3) is 5.22 Å². The molecule has 1 aromatic carbocycles. The monoisotopic (exact) mass is 222 g/mol. The van der Waals surface area contributed by atoms with Crippen molar-refractivity contribution >= 4 is 22.9 Å². The molecule has 1 aromatic heterocycles. The third-order valence-corrected chi connectivity index (χ3v) is 2.85. The van der Waals surface area contributed by atoms with Crippen molar-refractivity contribution in [3.05, 3.63) is 24.3 Å². The Hall–Kier alpha value is -1.00. The third kappa shape index (κ3) is 2.73. The maximum absolute atomic E-state index is 5.58. The van der Waals surface area contributed by atoms with Crippen molar-refractivity contribution in [2.45, 2.75) is 5.22 Å². The summed E-state index contributed by atoms with van der Waals surface area (Å²) in [6, 6.07) is 7.84. The van der Waals surface area contributed by atoms with Crippen LogP contribution in [0.3, 0.4) is 0 Å². The minimum absolute atomic E-state index is 0.762. The number of aromatic nitrogens is 1. The largest absolute Gasteiger partial charge is 0.431 e. The Kier molecular flexibility index (Phi) is 3.28. The quantitative estimate of drug-likeness (QED) is 0.743. The van der Waals surface area contributed by atoms with Gasteiger partial charge < -0.3 is 9.32 Å². The van der Waals surface area contributed by atoms with E-state index in [-0.39, 0.29) is 0 Å². The number of oxazole rings is 1. The van der Waals surface area contributed by atoms with Gasteiger partial charge in [-0.05, 0) is 26.2 Å². The second-order valence-electron chi connectivity index (χ2n) is 3.60. The van der Waals surface area contributed by atoms with Crippen LogP contribution in [0.15, 0.2) is 33.9 Å². The number of thioether (sulfide) groups is 1.